The van der Waals surface area contributed by atoms with Gasteiger partial charge in [-0.25, -0.2) is 4.98 Å². The Bertz CT molecular complexity index is 843. The van der Waals surface area contributed by atoms with Gasteiger partial charge in [0.15, 0.2) is 0 Å². The number of hydrogen-bond acceptors (Lipinski definition) is 4. The van der Waals surface area contributed by atoms with E-state index in [1.165, 1.54) is 6.07 Å². The molecule has 1 aromatic heterocycles. The molecule has 0 aliphatic rings. The van der Waals surface area contributed by atoms with Crippen molar-refractivity contribution in [2.24, 2.45) is 0 Å². The molecule has 5 nitrogen and oxygen atoms in total. The lowest BCUT2D eigenvalue weighted by Crippen LogP contribution is -1.96. The number of nitro groups is 1. The average Bonchev–Trinajstić information content (AvgIpc) is 2.44. The summed E-state index contributed by atoms with van der Waals surface area (Å²) < 4.78 is 0. The maximum atomic E-state index is 10.9. The Balaban J connectivity index is 2.46. The first kappa shape index (κ1) is 12.3. The van der Waals surface area contributed by atoms with Crippen LogP contribution in [0, 0.1) is 17.0 Å². The molecule has 100 valence electrons. The first-order valence-corrected chi connectivity index (χ1v) is 6.26. The molecule has 0 aliphatic carbocycles. The second-order valence-corrected chi connectivity index (χ2v) is 4.72. The monoisotopic (exact) mass is 267 g/mol. The van der Waals surface area contributed by atoms with E-state index < -0.39 is 0 Å². The highest BCUT2D eigenvalue weighted by molar-refractivity contribution is 6.08. The fourth-order valence-corrected chi connectivity index (χ4v) is 2.43. The van der Waals surface area contributed by atoms with Crippen LogP contribution >= 0.6 is 0 Å². The first-order valence-electron chi connectivity index (χ1n) is 6.26. The normalized spacial score (nSPS) is 10.9. The molecule has 3 aromatic rings. The van der Waals surface area contributed by atoms with Crippen molar-refractivity contribution in [1.82, 2.24) is 4.98 Å². The second-order valence-electron chi connectivity index (χ2n) is 4.72. The zero-order valence-corrected chi connectivity index (χ0v) is 11.2. The molecule has 1 heterocycles. The molecule has 3 rings (SSSR count). The summed E-state index contributed by atoms with van der Waals surface area (Å²) in [4.78, 5) is 15.1. The van der Waals surface area contributed by atoms with Crippen molar-refractivity contribution < 1.29 is 4.92 Å². The van der Waals surface area contributed by atoms with Crippen LogP contribution < -0.4 is 5.32 Å². The Hall–Kier alpha value is -2.69. The Morgan fingerprint density at radius 3 is 2.40 bits per heavy atom. The van der Waals surface area contributed by atoms with Crippen LogP contribution in [0.25, 0.3) is 21.8 Å². The smallest absolute Gasteiger partial charge is 0.270 e. The number of fused-ring (bicyclic) bond motifs is 2. The number of hydrogen-bond donors (Lipinski definition) is 1. The molecule has 0 unspecified atom stereocenters. The van der Waals surface area contributed by atoms with Crippen molar-refractivity contribution in [2.75, 3.05) is 12.4 Å². The van der Waals surface area contributed by atoms with E-state index in [4.69, 9.17) is 0 Å². The third kappa shape index (κ3) is 1.84. The van der Waals surface area contributed by atoms with Gasteiger partial charge >= 0.3 is 0 Å². The highest BCUT2D eigenvalue weighted by atomic mass is 16.6. The molecule has 2 aromatic carbocycles. The van der Waals surface area contributed by atoms with E-state index in [0.717, 1.165) is 33.1 Å². The fourth-order valence-electron chi connectivity index (χ4n) is 2.43. The van der Waals surface area contributed by atoms with Crippen molar-refractivity contribution in [3.8, 4) is 0 Å². The summed E-state index contributed by atoms with van der Waals surface area (Å²) >= 11 is 0. The minimum atomic E-state index is -0.390. The molecule has 0 bridgehead atoms. The van der Waals surface area contributed by atoms with Crippen LogP contribution in [0.1, 0.15) is 5.56 Å². The van der Waals surface area contributed by atoms with Gasteiger partial charge in [0.25, 0.3) is 5.69 Å². The summed E-state index contributed by atoms with van der Waals surface area (Å²) in [5.41, 5.74) is 3.69. The number of benzene rings is 2. The summed E-state index contributed by atoms with van der Waals surface area (Å²) in [6, 6.07) is 10.7. The van der Waals surface area contributed by atoms with Gasteiger partial charge in [0.1, 0.15) is 0 Å². The molecule has 5 heteroatoms. The number of nitro benzene ring substituents is 1. The summed E-state index contributed by atoms with van der Waals surface area (Å²) in [5.74, 6) is 0. The molecule has 0 saturated heterocycles. The van der Waals surface area contributed by atoms with E-state index in [0.29, 0.717) is 0 Å². The largest absolute Gasteiger partial charge is 0.387 e. The minimum Gasteiger partial charge on any atom is -0.387 e. The number of non-ortho nitro benzene ring substituents is 1. The van der Waals surface area contributed by atoms with Gasteiger partial charge in [0.05, 0.1) is 21.6 Å². The van der Waals surface area contributed by atoms with E-state index >= 15 is 0 Å². The Labute approximate surface area is 115 Å². The van der Waals surface area contributed by atoms with Gasteiger partial charge in [-0.1, -0.05) is 11.6 Å². The molecule has 0 saturated carbocycles. The number of nitrogens with one attached hydrogen (secondary N) is 1. The summed E-state index contributed by atoms with van der Waals surface area (Å²) in [6.45, 7) is 2.01. The number of pyridine rings is 1. The fraction of sp³-hybridized carbons (Fsp3) is 0.133. The van der Waals surface area contributed by atoms with Gasteiger partial charge in [-0.05, 0) is 25.1 Å². The predicted molar refractivity (Wildman–Crippen MR) is 80.2 cm³/mol. The van der Waals surface area contributed by atoms with Crippen LogP contribution in [-0.4, -0.2) is 17.0 Å². The van der Waals surface area contributed by atoms with Crippen LogP contribution in [-0.2, 0) is 0 Å². The average molecular weight is 267 g/mol. The van der Waals surface area contributed by atoms with Crippen molar-refractivity contribution in [3.63, 3.8) is 0 Å². The minimum absolute atomic E-state index is 0.0720. The number of nitrogens with zero attached hydrogens (tertiary/aromatic N) is 2. The number of anilines is 1. The summed E-state index contributed by atoms with van der Waals surface area (Å²) in [6.07, 6.45) is 0. The maximum absolute atomic E-state index is 10.9. The molecule has 1 N–H and O–H groups in total. The molecule has 0 amide bonds. The van der Waals surface area contributed by atoms with Crippen LogP contribution in [0.5, 0.6) is 0 Å². The van der Waals surface area contributed by atoms with Crippen LogP contribution in [0.15, 0.2) is 36.4 Å². The van der Waals surface area contributed by atoms with Gasteiger partial charge in [-0.15, -0.1) is 0 Å². The third-order valence-corrected chi connectivity index (χ3v) is 3.37. The maximum Gasteiger partial charge on any atom is 0.270 e. The van der Waals surface area contributed by atoms with E-state index in [-0.39, 0.29) is 10.6 Å². The lowest BCUT2D eigenvalue weighted by Gasteiger charge is -2.10. The molecule has 0 aliphatic heterocycles. The number of aromatic nitrogens is 1. The highest BCUT2D eigenvalue weighted by Gasteiger charge is 2.12. The van der Waals surface area contributed by atoms with Crippen molar-refractivity contribution in [3.05, 3.63) is 52.1 Å². The van der Waals surface area contributed by atoms with Crippen LogP contribution in [0.2, 0.25) is 0 Å². The van der Waals surface area contributed by atoms with Crippen molar-refractivity contribution in [2.45, 2.75) is 6.92 Å². The third-order valence-electron chi connectivity index (χ3n) is 3.37. The standard InChI is InChI=1S/C15H13N3O2/c1-9-3-5-13-11(7-9)15(16-2)12-8-10(18(19)20)4-6-14(12)17-13/h3-8H,1-2H3,(H,16,17). The molecule has 0 radical (unpaired) electrons. The Kier molecular flexibility index (Phi) is 2.75. The van der Waals surface area contributed by atoms with Gasteiger partial charge in [0, 0.05) is 30.0 Å². The Morgan fingerprint density at radius 2 is 1.75 bits per heavy atom. The molecule has 0 atom stereocenters. The van der Waals surface area contributed by atoms with E-state index in [1.807, 2.05) is 32.2 Å². The summed E-state index contributed by atoms with van der Waals surface area (Å²) in [5, 5.41) is 15.8. The number of rotatable bonds is 2. The van der Waals surface area contributed by atoms with Gasteiger partial charge in [-0.3, -0.25) is 10.1 Å². The van der Waals surface area contributed by atoms with Crippen LogP contribution in [0.3, 0.4) is 0 Å². The quantitative estimate of drug-likeness (QED) is 0.437. The SMILES string of the molecule is CNc1c2cc(C)ccc2nc2ccc([N+](=O)[O-])cc12. The van der Waals surface area contributed by atoms with Crippen LogP contribution in [0.4, 0.5) is 11.4 Å². The zero-order chi connectivity index (χ0) is 14.3. The lowest BCUT2D eigenvalue weighted by atomic mass is 10.1. The van der Waals surface area contributed by atoms with E-state index in [9.17, 15) is 10.1 Å². The van der Waals surface area contributed by atoms with E-state index in [2.05, 4.69) is 10.3 Å². The van der Waals surface area contributed by atoms with Crippen molar-refractivity contribution >= 4 is 33.2 Å². The molecule has 0 fully saturated rings. The van der Waals surface area contributed by atoms with Gasteiger partial charge < -0.3 is 5.32 Å². The van der Waals surface area contributed by atoms with Gasteiger partial charge in [-0.2, -0.15) is 0 Å². The molecular formula is C15H13N3O2. The second kappa shape index (κ2) is 4.45. The Morgan fingerprint density at radius 1 is 1.10 bits per heavy atom. The summed E-state index contributed by atoms with van der Waals surface area (Å²) in [7, 11) is 1.81. The molecule has 20 heavy (non-hydrogen) atoms. The zero-order valence-electron chi connectivity index (χ0n) is 11.2. The number of aryl methyl sites for hydroxylation is 1. The molecular weight excluding hydrogens is 254 g/mol. The topological polar surface area (TPSA) is 68.1 Å². The first-order chi connectivity index (χ1) is 9.60. The molecule has 0 spiro atoms. The van der Waals surface area contributed by atoms with E-state index in [1.54, 1.807) is 12.1 Å². The van der Waals surface area contributed by atoms with Crippen molar-refractivity contribution in [1.29, 1.82) is 0 Å². The van der Waals surface area contributed by atoms with Gasteiger partial charge in [0.2, 0.25) is 0 Å². The lowest BCUT2D eigenvalue weighted by molar-refractivity contribution is -0.384. The predicted octanol–water partition coefficient (Wildman–Crippen LogP) is 3.65. The highest BCUT2D eigenvalue weighted by Crippen LogP contribution is 2.33.